The predicted octanol–water partition coefficient (Wildman–Crippen LogP) is 5.31. The van der Waals surface area contributed by atoms with E-state index in [0.29, 0.717) is 11.3 Å². The van der Waals surface area contributed by atoms with Crippen molar-refractivity contribution in [1.82, 2.24) is 10.1 Å². The summed E-state index contributed by atoms with van der Waals surface area (Å²) in [4.78, 5) is 12.9. The highest BCUT2D eigenvalue weighted by Crippen LogP contribution is 2.52. The van der Waals surface area contributed by atoms with Crippen molar-refractivity contribution in [3.05, 3.63) is 35.3 Å². The third-order valence-electron chi connectivity index (χ3n) is 4.85. The van der Waals surface area contributed by atoms with Crippen molar-refractivity contribution in [2.45, 2.75) is 57.2 Å². The van der Waals surface area contributed by atoms with Gasteiger partial charge in [-0.15, -0.1) is 9.42 Å². The highest BCUT2D eigenvalue weighted by Gasteiger charge is 2.49. The smallest absolute Gasteiger partial charge is 0.360 e. The van der Waals surface area contributed by atoms with E-state index >= 15 is 0 Å². The molecule has 146 valence electrons. The normalized spacial score (nSPS) is 15.9. The Morgan fingerprint density at radius 1 is 1.33 bits per heavy atom. The Balaban J connectivity index is 2.27. The number of nitrogens with zero attached hydrogens (tertiary/aromatic N) is 2. The van der Waals surface area contributed by atoms with E-state index in [-0.39, 0.29) is 30.0 Å². The van der Waals surface area contributed by atoms with E-state index in [4.69, 9.17) is 9.05 Å². The number of alkyl halides is 3. The minimum absolute atomic E-state index is 0.0184. The van der Waals surface area contributed by atoms with E-state index in [2.05, 4.69) is 10.1 Å². The molecule has 1 saturated carbocycles. The molecule has 2 aromatic heterocycles. The molecule has 1 aliphatic carbocycles. The topological polar surface area (TPSA) is 85.5 Å². The lowest BCUT2D eigenvalue weighted by Gasteiger charge is -2.26. The van der Waals surface area contributed by atoms with Gasteiger partial charge in [0.1, 0.15) is 11.5 Å². The van der Waals surface area contributed by atoms with Crippen LogP contribution in [0.15, 0.2) is 22.9 Å². The van der Waals surface area contributed by atoms with Gasteiger partial charge in [0.05, 0.1) is 5.56 Å². The fraction of sp³-hybridized carbons (Fsp3) is 0.529. The van der Waals surface area contributed by atoms with Gasteiger partial charge in [-0.05, 0) is 37.8 Å². The summed E-state index contributed by atoms with van der Waals surface area (Å²) in [5, 5.41) is 3.92. The summed E-state index contributed by atoms with van der Waals surface area (Å²) in [6.45, 7) is 3.48. The van der Waals surface area contributed by atoms with Crippen LogP contribution in [0.4, 0.5) is 13.2 Å². The number of hydrogen-bond donors (Lipinski definition) is 1. The summed E-state index contributed by atoms with van der Waals surface area (Å²) in [6, 6.07) is 2.65. The molecule has 0 aliphatic heterocycles. The zero-order chi connectivity index (χ0) is 19.8. The molecule has 1 atom stereocenters. The summed E-state index contributed by atoms with van der Waals surface area (Å²) in [7, 11) is -2.98. The van der Waals surface area contributed by atoms with Gasteiger partial charge in [0.25, 0.3) is 0 Å². The monoisotopic (exact) mass is 403 g/mol. The second-order valence-electron chi connectivity index (χ2n) is 6.47. The predicted molar refractivity (Wildman–Crippen MR) is 89.9 cm³/mol. The van der Waals surface area contributed by atoms with Crippen LogP contribution in [0.5, 0.6) is 0 Å². The van der Waals surface area contributed by atoms with Crippen LogP contribution in [-0.2, 0) is 20.9 Å². The molecule has 1 aliphatic rings. The lowest BCUT2D eigenvalue weighted by atomic mass is 9.84. The first-order valence-corrected chi connectivity index (χ1v) is 9.74. The molecule has 0 saturated heterocycles. The molecule has 6 nitrogen and oxygen atoms in total. The van der Waals surface area contributed by atoms with Crippen LogP contribution in [0.25, 0.3) is 11.3 Å². The van der Waals surface area contributed by atoms with Crippen LogP contribution in [0.1, 0.15) is 62.5 Å². The highest BCUT2D eigenvalue weighted by atomic mass is 31.1. The van der Waals surface area contributed by atoms with E-state index in [1.165, 1.54) is 12.1 Å². The average Bonchev–Trinajstić information content (AvgIpc) is 3.37. The Bertz CT molecular complexity index is 845. The number of aromatic nitrogens is 2. The first-order valence-electron chi connectivity index (χ1n) is 8.61. The van der Waals surface area contributed by atoms with Crippen LogP contribution >= 0.6 is 8.25 Å². The maximum atomic E-state index is 13.5. The Labute approximate surface area is 154 Å². The second kappa shape index (κ2) is 7.30. The standard InChI is InChI=1S/C17H18F3N2O4P/c1-3-16(4-2,26-27(23)24)12-13(22-25-14(12)10-7-8-10)11-6-5-9-21-15(11)17(18,19)20/h5-6,9-10H,3-4,7-8H2,1-2H3/p+1. The Kier molecular flexibility index (Phi) is 5.38. The molecule has 0 spiro atoms. The number of pyridine rings is 1. The van der Waals surface area contributed by atoms with Crippen LogP contribution in [0.3, 0.4) is 0 Å². The van der Waals surface area contributed by atoms with Crippen molar-refractivity contribution in [1.29, 1.82) is 0 Å². The highest BCUT2D eigenvalue weighted by molar-refractivity contribution is 7.32. The zero-order valence-electron chi connectivity index (χ0n) is 14.8. The van der Waals surface area contributed by atoms with Crippen LogP contribution < -0.4 is 0 Å². The Hall–Kier alpha value is -1.83. The van der Waals surface area contributed by atoms with Crippen LogP contribution in [-0.4, -0.2) is 15.0 Å². The number of halogens is 3. The van der Waals surface area contributed by atoms with Crippen LogP contribution in [0.2, 0.25) is 0 Å². The van der Waals surface area contributed by atoms with E-state index in [1.54, 1.807) is 13.8 Å². The molecule has 27 heavy (non-hydrogen) atoms. The molecule has 2 aromatic rings. The molecule has 2 heterocycles. The third-order valence-corrected chi connectivity index (χ3v) is 5.35. The van der Waals surface area contributed by atoms with Crippen molar-refractivity contribution in [2.75, 3.05) is 0 Å². The van der Waals surface area contributed by atoms with Crippen molar-refractivity contribution in [2.24, 2.45) is 0 Å². The van der Waals surface area contributed by atoms with Gasteiger partial charge in [0.2, 0.25) is 0 Å². The average molecular weight is 403 g/mol. The van der Waals surface area contributed by atoms with Gasteiger partial charge in [-0.1, -0.05) is 19.0 Å². The van der Waals surface area contributed by atoms with E-state index in [9.17, 15) is 22.6 Å². The van der Waals surface area contributed by atoms with Gasteiger partial charge in [-0.3, -0.25) is 4.98 Å². The largest absolute Gasteiger partial charge is 0.695 e. The van der Waals surface area contributed by atoms with Gasteiger partial charge in [-0.2, -0.15) is 13.2 Å². The fourth-order valence-corrected chi connectivity index (χ4v) is 3.95. The summed E-state index contributed by atoms with van der Waals surface area (Å²) in [5.74, 6) is 0.437. The summed E-state index contributed by atoms with van der Waals surface area (Å²) in [5.41, 5.74) is -2.34. The van der Waals surface area contributed by atoms with Crippen LogP contribution in [0, 0.1) is 0 Å². The van der Waals surface area contributed by atoms with Gasteiger partial charge in [0, 0.05) is 22.2 Å². The van der Waals surface area contributed by atoms with Crippen molar-refractivity contribution in [3.8, 4) is 11.3 Å². The molecule has 0 aromatic carbocycles. The summed E-state index contributed by atoms with van der Waals surface area (Å²) < 4.78 is 62.7. The molecule has 3 rings (SSSR count). The molecule has 1 fully saturated rings. The molecular weight excluding hydrogens is 384 g/mol. The molecule has 1 N–H and O–H groups in total. The first kappa shape index (κ1) is 19.9. The minimum atomic E-state index is -4.68. The maximum Gasteiger partial charge on any atom is 0.695 e. The fourth-order valence-electron chi connectivity index (χ4n) is 3.30. The lowest BCUT2D eigenvalue weighted by molar-refractivity contribution is -0.140. The quantitative estimate of drug-likeness (QED) is 0.631. The van der Waals surface area contributed by atoms with Gasteiger partial charge in [0.15, 0.2) is 11.3 Å². The Morgan fingerprint density at radius 2 is 2.00 bits per heavy atom. The first-order chi connectivity index (χ1) is 12.7. The number of rotatable bonds is 7. The van der Waals surface area contributed by atoms with Gasteiger partial charge < -0.3 is 4.52 Å². The Morgan fingerprint density at radius 3 is 2.52 bits per heavy atom. The third kappa shape index (κ3) is 3.77. The maximum absolute atomic E-state index is 13.5. The molecule has 0 bridgehead atoms. The second-order valence-corrected chi connectivity index (χ2v) is 7.13. The molecule has 0 amide bonds. The number of hydrogen-bond acceptors (Lipinski definition) is 5. The summed E-state index contributed by atoms with van der Waals surface area (Å²) in [6.07, 6.45) is -1.47. The van der Waals surface area contributed by atoms with E-state index in [1.807, 2.05) is 0 Å². The minimum Gasteiger partial charge on any atom is -0.360 e. The van der Waals surface area contributed by atoms with Gasteiger partial charge >= 0.3 is 14.4 Å². The van der Waals surface area contributed by atoms with Crippen molar-refractivity contribution in [3.63, 3.8) is 0 Å². The van der Waals surface area contributed by atoms with Crippen molar-refractivity contribution < 1.29 is 31.7 Å². The molecular formula is C17H19F3N2O4P+. The molecule has 0 radical (unpaired) electrons. The van der Waals surface area contributed by atoms with E-state index in [0.717, 1.165) is 19.0 Å². The SMILES string of the molecule is CCC(CC)(O[P+](=O)O)c1c(-c2cccnc2C(F)(F)F)noc1C1CC1. The van der Waals surface area contributed by atoms with Gasteiger partial charge in [-0.25, -0.2) is 0 Å². The van der Waals surface area contributed by atoms with E-state index < -0.39 is 25.7 Å². The zero-order valence-corrected chi connectivity index (χ0v) is 15.7. The molecule has 10 heteroatoms. The van der Waals surface area contributed by atoms with Crippen molar-refractivity contribution >= 4 is 8.25 Å². The lowest BCUT2D eigenvalue weighted by Crippen LogP contribution is -2.27. The molecule has 1 unspecified atom stereocenters. The summed E-state index contributed by atoms with van der Waals surface area (Å²) >= 11 is 0.